The van der Waals surface area contributed by atoms with Crippen molar-refractivity contribution >= 4 is 22.4 Å². The van der Waals surface area contributed by atoms with Crippen LogP contribution in [0.2, 0.25) is 0 Å². The maximum atomic E-state index is 13.3. The minimum Gasteiger partial charge on any atom is -0.497 e. The zero-order valence-electron chi connectivity index (χ0n) is 16.9. The Morgan fingerprint density at radius 1 is 1.23 bits per heavy atom. The summed E-state index contributed by atoms with van der Waals surface area (Å²) in [6.07, 6.45) is 5.18. The third kappa shape index (κ3) is 4.29. The van der Waals surface area contributed by atoms with E-state index < -0.39 is 0 Å². The number of anilines is 1. The van der Waals surface area contributed by atoms with Gasteiger partial charge in [-0.15, -0.1) is 11.3 Å². The predicted octanol–water partition coefficient (Wildman–Crippen LogP) is 4.05. The molecule has 3 aromatic rings. The molecule has 1 aliphatic heterocycles. The molecule has 0 unspecified atom stereocenters. The van der Waals surface area contributed by atoms with E-state index >= 15 is 0 Å². The van der Waals surface area contributed by atoms with Gasteiger partial charge in [-0.2, -0.15) is 0 Å². The first kappa shape index (κ1) is 20.3. The van der Waals surface area contributed by atoms with Crippen molar-refractivity contribution < 1.29 is 19.0 Å². The molecule has 0 saturated carbocycles. The van der Waals surface area contributed by atoms with Gasteiger partial charge in [0, 0.05) is 35.5 Å². The van der Waals surface area contributed by atoms with Crippen LogP contribution in [0.4, 0.5) is 5.13 Å². The Labute approximate surface area is 179 Å². The van der Waals surface area contributed by atoms with Gasteiger partial charge in [0.25, 0.3) is 5.91 Å². The second kappa shape index (κ2) is 9.23. The number of hydrogen-bond acceptors (Lipinski definition) is 7. The highest BCUT2D eigenvalue weighted by Crippen LogP contribution is 2.36. The molecule has 30 heavy (non-hydrogen) atoms. The maximum absolute atomic E-state index is 13.3. The van der Waals surface area contributed by atoms with Crippen LogP contribution in [0.5, 0.6) is 11.5 Å². The zero-order chi connectivity index (χ0) is 20.9. The van der Waals surface area contributed by atoms with Gasteiger partial charge in [0.1, 0.15) is 11.5 Å². The lowest BCUT2D eigenvalue weighted by molar-refractivity contribution is 0.0917. The van der Waals surface area contributed by atoms with Crippen LogP contribution in [-0.2, 0) is 4.74 Å². The molecule has 0 bridgehead atoms. The van der Waals surface area contributed by atoms with Gasteiger partial charge in [-0.05, 0) is 43.2 Å². The molecule has 0 radical (unpaired) electrons. The summed E-state index contributed by atoms with van der Waals surface area (Å²) in [5.41, 5.74) is 2.11. The lowest BCUT2D eigenvalue weighted by atomic mass is 10.1. The van der Waals surface area contributed by atoms with Crippen LogP contribution in [0, 0.1) is 0 Å². The molecule has 3 heterocycles. The summed E-state index contributed by atoms with van der Waals surface area (Å²) < 4.78 is 16.6. The SMILES string of the molecule is COc1ccc(OC)c(-c2csc(N(C[C@H]3CCCO3)C(=O)c3ccncc3)n2)c1. The molecule has 1 fully saturated rings. The van der Waals surface area contributed by atoms with Crippen molar-refractivity contribution in [3.8, 4) is 22.8 Å². The number of aromatic nitrogens is 2. The Kier molecular flexibility index (Phi) is 6.25. The fraction of sp³-hybridized carbons (Fsp3) is 0.318. The summed E-state index contributed by atoms with van der Waals surface area (Å²) in [7, 11) is 3.24. The Balaban J connectivity index is 1.68. The number of pyridine rings is 1. The van der Waals surface area contributed by atoms with Gasteiger partial charge in [-0.1, -0.05) is 0 Å². The van der Waals surface area contributed by atoms with Crippen molar-refractivity contribution in [2.45, 2.75) is 18.9 Å². The maximum Gasteiger partial charge on any atom is 0.260 e. The number of carbonyl (C=O) groups is 1. The molecular weight excluding hydrogens is 402 g/mol. The van der Waals surface area contributed by atoms with E-state index in [1.807, 2.05) is 23.6 Å². The first-order valence-electron chi connectivity index (χ1n) is 9.71. The summed E-state index contributed by atoms with van der Waals surface area (Å²) in [4.78, 5) is 23.7. The van der Waals surface area contributed by atoms with E-state index in [2.05, 4.69) is 4.98 Å². The molecule has 0 N–H and O–H groups in total. The van der Waals surface area contributed by atoms with Gasteiger partial charge in [0.2, 0.25) is 0 Å². The number of amides is 1. The lowest BCUT2D eigenvalue weighted by Crippen LogP contribution is -2.37. The van der Waals surface area contributed by atoms with E-state index in [0.717, 1.165) is 30.7 Å². The molecule has 2 aromatic heterocycles. The van der Waals surface area contributed by atoms with Crippen molar-refractivity contribution in [3.63, 3.8) is 0 Å². The van der Waals surface area contributed by atoms with E-state index in [9.17, 15) is 4.79 Å². The second-order valence-electron chi connectivity index (χ2n) is 6.87. The third-order valence-corrected chi connectivity index (χ3v) is 5.85. The quantitative estimate of drug-likeness (QED) is 0.569. The monoisotopic (exact) mass is 425 g/mol. The number of ether oxygens (including phenoxy) is 3. The average Bonchev–Trinajstić information content (AvgIpc) is 3.49. The predicted molar refractivity (Wildman–Crippen MR) is 116 cm³/mol. The highest BCUT2D eigenvalue weighted by atomic mass is 32.1. The first-order chi connectivity index (χ1) is 14.7. The van der Waals surface area contributed by atoms with Gasteiger partial charge in [0.15, 0.2) is 5.13 Å². The van der Waals surface area contributed by atoms with Gasteiger partial charge < -0.3 is 14.2 Å². The minimum atomic E-state index is -0.119. The summed E-state index contributed by atoms with van der Waals surface area (Å²) in [5.74, 6) is 1.29. The smallest absolute Gasteiger partial charge is 0.260 e. The number of thiazole rings is 1. The topological polar surface area (TPSA) is 73.8 Å². The molecule has 0 aliphatic carbocycles. The van der Waals surface area contributed by atoms with Crippen molar-refractivity contribution in [3.05, 3.63) is 53.7 Å². The van der Waals surface area contributed by atoms with Gasteiger partial charge in [-0.25, -0.2) is 4.98 Å². The van der Waals surface area contributed by atoms with Crippen LogP contribution in [0.1, 0.15) is 23.2 Å². The van der Waals surface area contributed by atoms with Crippen LogP contribution < -0.4 is 14.4 Å². The van der Waals surface area contributed by atoms with E-state index in [-0.39, 0.29) is 12.0 Å². The second-order valence-corrected chi connectivity index (χ2v) is 7.70. The highest BCUT2D eigenvalue weighted by molar-refractivity contribution is 7.14. The molecule has 4 rings (SSSR count). The van der Waals surface area contributed by atoms with E-state index in [1.54, 1.807) is 43.6 Å². The number of hydrogen-bond donors (Lipinski definition) is 0. The Hall–Kier alpha value is -2.97. The first-order valence-corrected chi connectivity index (χ1v) is 10.6. The summed E-state index contributed by atoms with van der Waals surface area (Å²) in [5, 5.41) is 2.54. The van der Waals surface area contributed by atoms with Gasteiger partial charge >= 0.3 is 0 Å². The molecule has 0 spiro atoms. The van der Waals surface area contributed by atoms with Crippen molar-refractivity contribution in [1.29, 1.82) is 0 Å². The summed E-state index contributed by atoms with van der Waals surface area (Å²) in [6, 6.07) is 8.99. The minimum absolute atomic E-state index is 0.00879. The van der Waals surface area contributed by atoms with E-state index in [4.69, 9.17) is 19.2 Å². The summed E-state index contributed by atoms with van der Waals surface area (Å²) in [6.45, 7) is 1.19. The molecule has 1 aliphatic rings. The number of benzene rings is 1. The van der Waals surface area contributed by atoms with E-state index in [0.29, 0.717) is 28.7 Å². The molecule has 7 nitrogen and oxygen atoms in total. The Morgan fingerprint density at radius 2 is 2.07 bits per heavy atom. The molecule has 8 heteroatoms. The summed E-state index contributed by atoms with van der Waals surface area (Å²) >= 11 is 1.42. The molecular formula is C22H23N3O4S. The van der Waals surface area contributed by atoms with Crippen LogP contribution in [0.25, 0.3) is 11.3 Å². The van der Waals surface area contributed by atoms with Crippen LogP contribution in [-0.4, -0.2) is 49.4 Å². The molecule has 1 aromatic carbocycles. The number of nitrogens with zero attached hydrogens (tertiary/aromatic N) is 3. The van der Waals surface area contributed by atoms with Crippen LogP contribution in [0.3, 0.4) is 0 Å². The molecule has 1 amide bonds. The lowest BCUT2D eigenvalue weighted by Gasteiger charge is -2.23. The van der Waals surface area contributed by atoms with Crippen molar-refractivity contribution in [2.75, 3.05) is 32.3 Å². The average molecular weight is 426 g/mol. The van der Waals surface area contributed by atoms with Crippen LogP contribution in [0.15, 0.2) is 48.1 Å². The number of methoxy groups -OCH3 is 2. The standard InChI is InChI=1S/C22H23N3O4S/c1-27-16-5-6-20(28-2)18(12-16)19-14-30-22(24-19)25(13-17-4-3-11-29-17)21(26)15-7-9-23-10-8-15/h5-10,12,14,17H,3-4,11,13H2,1-2H3/t17-/m1/s1. The molecule has 1 atom stereocenters. The Bertz CT molecular complexity index is 1000. The fourth-order valence-corrected chi connectivity index (χ4v) is 4.25. The number of rotatable bonds is 7. The zero-order valence-corrected chi connectivity index (χ0v) is 17.7. The third-order valence-electron chi connectivity index (χ3n) is 4.99. The van der Waals surface area contributed by atoms with E-state index in [1.165, 1.54) is 11.3 Å². The van der Waals surface area contributed by atoms with Gasteiger partial charge in [-0.3, -0.25) is 14.7 Å². The molecule has 156 valence electrons. The van der Waals surface area contributed by atoms with Crippen molar-refractivity contribution in [1.82, 2.24) is 9.97 Å². The number of carbonyl (C=O) groups excluding carboxylic acids is 1. The molecule has 1 saturated heterocycles. The normalized spacial score (nSPS) is 15.7. The van der Waals surface area contributed by atoms with Crippen LogP contribution >= 0.6 is 11.3 Å². The van der Waals surface area contributed by atoms with Crippen molar-refractivity contribution in [2.24, 2.45) is 0 Å². The largest absolute Gasteiger partial charge is 0.497 e. The van der Waals surface area contributed by atoms with Gasteiger partial charge in [0.05, 0.1) is 32.6 Å². The fourth-order valence-electron chi connectivity index (χ4n) is 3.42. The Morgan fingerprint density at radius 3 is 2.77 bits per heavy atom. The highest BCUT2D eigenvalue weighted by Gasteiger charge is 2.27.